The number of pyridine rings is 1. The molecule has 29 heavy (non-hydrogen) atoms. The maximum atomic E-state index is 12.3. The number of thioether (sulfide) groups is 1. The average Bonchev–Trinajstić information content (AvgIpc) is 2.65. The molecule has 0 fully saturated rings. The molecule has 3 rings (SSSR count). The van der Waals surface area contributed by atoms with Gasteiger partial charge in [0, 0.05) is 34.6 Å². The summed E-state index contributed by atoms with van der Waals surface area (Å²) in [5.74, 6) is -0.961. The summed E-state index contributed by atoms with van der Waals surface area (Å²) in [6.07, 6.45) is -3.30. The highest BCUT2D eigenvalue weighted by molar-refractivity contribution is 8.01. The number of nitrogens with one attached hydrogen (secondary N) is 2. The van der Waals surface area contributed by atoms with Gasteiger partial charge in [-0.05, 0) is 24.3 Å². The van der Waals surface area contributed by atoms with Crippen molar-refractivity contribution in [3.05, 3.63) is 47.1 Å². The molecule has 1 aliphatic heterocycles. The van der Waals surface area contributed by atoms with Gasteiger partial charge in [0.05, 0.1) is 10.9 Å². The summed E-state index contributed by atoms with van der Waals surface area (Å²) in [6, 6.07) is 8.10. The minimum Gasteiger partial charge on any atom is -0.468 e. The number of fused-ring (bicyclic) bond motifs is 1. The summed E-state index contributed by atoms with van der Waals surface area (Å²) in [4.78, 5) is 29.0. The molecule has 1 atom stereocenters. The van der Waals surface area contributed by atoms with Crippen LogP contribution >= 0.6 is 23.4 Å². The summed E-state index contributed by atoms with van der Waals surface area (Å²) in [5.41, 5.74) is 0.886. The fourth-order valence-corrected chi connectivity index (χ4v) is 3.79. The number of carbonyl (C=O) groups is 2. The molecule has 0 aliphatic carbocycles. The Labute approximate surface area is 173 Å². The van der Waals surface area contributed by atoms with Crippen LogP contribution in [0.3, 0.4) is 0 Å². The van der Waals surface area contributed by atoms with Crippen molar-refractivity contribution in [2.75, 3.05) is 11.9 Å². The highest BCUT2D eigenvalue weighted by Gasteiger charge is 2.30. The van der Waals surface area contributed by atoms with E-state index in [1.165, 1.54) is 30.1 Å². The number of alkyl halides is 3. The number of anilines is 1. The summed E-state index contributed by atoms with van der Waals surface area (Å²) < 4.78 is 41.7. The molecule has 1 aliphatic rings. The van der Waals surface area contributed by atoms with Crippen molar-refractivity contribution in [3.8, 4) is 5.88 Å². The largest absolute Gasteiger partial charge is 0.468 e. The molecular formula is C18H15ClF3N3O3S. The van der Waals surface area contributed by atoms with Gasteiger partial charge in [-0.15, -0.1) is 11.8 Å². The number of carbonyl (C=O) groups excluding carboxylic acids is 2. The molecule has 6 nitrogen and oxygen atoms in total. The van der Waals surface area contributed by atoms with Crippen molar-refractivity contribution in [3.63, 3.8) is 0 Å². The predicted molar refractivity (Wildman–Crippen MR) is 102 cm³/mol. The minimum atomic E-state index is -4.50. The van der Waals surface area contributed by atoms with E-state index in [-0.39, 0.29) is 24.8 Å². The third-order valence-corrected chi connectivity index (χ3v) is 5.34. The number of nitrogens with zero attached hydrogens (tertiary/aromatic N) is 1. The topological polar surface area (TPSA) is 80.3 Å². The molecule has 1 aromatic carbocycles. The van der Waals surface area contributed by atoms with Gasteiger partial charge in [0.1, 0.15) is 0 Å². The first-order valence-electron chi connectivity index (χ1n) is 8.38. The first-order chi connectivity index (χ1) is 13.7. The zero-order chi connectivity index (χ0) is 21.0. The molecule has 0 spiro atoms. The number of aromatic nitrogens is 1. The summed E-state index contributed by atoms with van der Waals surface area (Å²) in [7, 11) is 0. The Balaban J connectivity index is 1.57. The van der Waals surface area contributed by atoms with Gasteiger partial charge in [-0.25, -0.2) is 4.98 Å². The van der Waals surface area contributed by atoms with Crippen molar-refractivity contribution in [2.24, 2.45) is 0 Å². The second-order valence-electron chi connectivity index (χ2n) is 6.09. The second kappa shape index (κ2) is 8.91. The molecule has 154 valence electrons. The van der Waals surface area contributed by atoms with Crippen LogP contribution in [0.2, 0.25) is 5.02 Å². The molecule has 1 unspecified atom stereocenters. The Hall–Kier alpha value is -2.46. The molecule has 0 saturated carbocycles. The number of halogens is 4. The first-order valence-corrected chi connectivity index (χ1v) is 9.64. The lowest BCUT2D eigenvalue weighted by Gasteiger charge is -2.23. The lowest BCUT2D eigenvalue weighted by Crippen LogP contribution is -2.34. The zero-order valence-electron chi connectivity index (χ0n) is 14.8. The predicted octanol–water partition coefficient (Wildman–Crippen LogP) is 3.80. The summed E-state index contributed by atoms with van der Waals surface area (Å²) >= 11 is 7.15. The average molecular weight is 446 g/mol. The van der Waals surface area contributed by atoms with Gasteiger partial charge in [0.25, 0.3) is 0 Å². The Morgan fingerprint density at radius 1 is 1.34 bits per heavy atom. The number of rotatable bonds is 6. The van der Waals surface area contributed by atoms with E-state index < -0.39 is 23.9 Å². The SMILES string of the molecule is O=C(CC1Sc2ccc(Cl)cc2NC1=O)NCc1cccnc1OCC(F)(F)F. The number of hydrogen-bond acceptors (Lipinski definition) is 5. The van der Waals surface area contributed by atoms with Crippen LogP contribution in [0.4, 0.5) is 18.9 Å². The Morgan fingerprint density at radius 3 is 2.90 bits per heavy atom. The van der Waals surface area contributed by atoms with Crippen molar-refractivity contribution in [2.45, 2.75) is 29.3 Å². The van der Waals surface area contributed by atoms with E-state index in [0.717, 1.165) is 4.90 Å². The van der Waals surface area contributed by atoms with Crippen LogP contribution in [0.15, 0.2) is 41.4 Å². The third-order valence-electron chi connectivity index (χ3n) is 3.83. The van der Waals surface area contributed by atoms with Gasteiger partial charge < -0.3 is 15.4 Å². The van der Waals surface area contributed by atoms with Crippen LogP contribution in [0.1, 0.15) is 12.0 Å². The van der Waals surface area contributed by atoms with Gasteiger partial charge in [-0.1, -0.05) is 17.7 Å². The molecule has 1 aromatic heterocycles. The fraction of sp³-hybridized carbons (Fsp3) is 0.278. The standard InChI is InChI=1S/C18H15ClF3N3O3S/c19-11-3-4-13-12(6-11)25-16(27)14(29-13)7-15(26)24-8-10-2-1-5-23-17(10)28-9-18(20,21)22/h1-6,14H,7-9H2,(H,24,26)(H,25,27). The Morgan fingerprint density at radius 2 is 2.14 bits per heavy atom. The highest BCUT2D eigenvalue weighted by atomic mass is 35.5. The van der Waals surface area contributed by atoms with Crippen molar-refractivity contribution >= 4 is 40.9 Å². The van der Waals surface area contributed by atoms with Crippen molar-refractivity contribution in [1.82, 2.24) is 10.3 Å². The number of benzene rings is 1. The van der Waals surface area contributed by atoms with E-state index in [1.54, 1.807) is 18.2 Å². The minimum absolute atomic E-state index is 0.0783. The first kappa shape index (κ1) is 21.3. The van der Waals surface area contributed by atoms with Crippen LogP contribution in [0, 0.1) is 0 Å². The Bertz CT molecular complexity index is 927. The second-order valence-corrected chi connectivity index (χ2v) is 7.77. The molecule has 0 bridgehead atoms. The zero-order valence-corrected chi connectivity index (χ0v) is 16.3. The van der Waals surface area contributed by atoms with E-state index in [2.05, 4.69) is 20.4 Å². The van der Waals surface area contributed by atoms with E-state index in [0.29, 0.717) is 16.3 Å². The lowest BCUT2D eigenvalue weighted by molar-refractivity contribution is -0.154. The number of hydrogen-bond donors (Lipinski definition) is 2. The van der Waals surface area contributed by atoms with Gasteiger partial charge in [0.2, 0.25) is 17.7 Å². The molecule has 0 saturated heterocycles. The smallest absolute Gasteiger partial charge is 0.422 e. The van der Waals surface area contributed by atoms with E-state index in [9.17, 15) is 22.8 Å². The molecule has 2 N–H and O–H groups in total. The molecule has 2 aromatic rings. The summed E-state index contributed by atoms with van der Waals surface area (Å²) in [5, 5.41) is 5.14. The van der Waals surface area contributed by atoms with Crippen LogP contribution in [0.5, 0.6) is 5.88 Å². The summed E-state index contributed by atoms with van der Waals surface area (Å²) in [6.45, 7) is -1.56. The normalized spacial score (nSPS) is 16.0. The van der Waals surface area contributed by atoms with Crippen LogP contribution in [-0.2, 0) is 16.1 Å². The third kappa shape index (κ3) is 6.01. The van der Waals surface area contributed by atoms with E-state index in [4.69, 9.17) is 11.6 Å². The maximum absolute atomic E-state index is 12.3. The lowest BCUT2D eigenvalue weighted by atomic mass is 10.2. The molecule has 11 heteroatoms. The number of ether oxygens (including phenoxy) is 1. The molecule has 0 radical (unpaired) electrons. The number of amides is 2. The monoisotopic (exact) mass is 445 g/mol. The molecule has 2 heterocycles. The van der Waals surface area contributed by atoms with Crippen molar-refractivity contribution < 1.29 is 27.5 Å². The fourth-order valence-electron chi connectivity index (χ4n) is 2.53. The van der Waals surface area contributed by atoms with Gasteiger partial charge >= 0.3 is 6.18 Å². The Kier molecular flexibility index (Phi) is 6.53. The maximum Gasteiger partial charge on any atom is 0.422 e. The van der Waals surface area contributed by atoms with Crippen LogP contribution in [-0.4, -0.2) is 34.8 Å². The highest BCUT2D eigenvalue weighted by Crippen LogP contribution is 2.38. The van der Waals surface area contributed by atoms with E-state index >= 15 is 0 Å². The van der Waals surface area contributed by atoms with Crippen molar-refractivity contribution in [1.29, 1.82) is 0 Å². The van der Waals surface area contributed by atoms with Gasteiger partial charge in [-0.2, -0.15) is 13.2 Å². The van der Waals surface area contributed by atoms with Gasteiger partial charge in [0.15, 0.2) is 6.61 Å². The molecule has 2 amide bonds. The van der Waals surface area contributed by atoms with Crippen LogP contribution in [0.25, 0.3) is 0 Å². The van der Waals surface area contributed by atoms with E-state index in [1.807, 2.05) is 0 Å². The molecular weight excluding hydrogens is 431 g/mol. The quantitative estimate of drug-likeness (QED) is 0.707. The van der Waals surface area contributed by atoms with Crippen LogP contribution < -0.4 is 15.4 Å². The van der Waals surface area contributed by atoms with Gasteiger partial charge in [-0.3, -0.25) is 9.59 Å².